The third-order valence-corrected chi connectivity index (χ3v) is 5.90. The van der Waals surface area contributed by atoms with Crippen LogP contribution in [0.15, 0.2) is 17.6 Å². The van der Waals surface area contributed by atoms with Gasteiger partial charge < -0.3 is 16.0 Å². The molecule has 2 aromatic heterocycles. The van der Waals surface area contributed by atoms with Crippen molar-refractivity contribution >= 4 is 44.2 Å². The first-order valence-corrected chi connectivity index (χ1v) is 9.56. The summed E-state index contributed by atoms with van der Waals surface area (Å²) < 4.78 is 0. The number of H-pyrrole nitrogens is 1. The number of primary amides is 1. The number of nitrogens with one attached hydrogen (secondary N) is 4. The highest BCUT2D eigenvalue weighted by atomic mass is 79.9. The molecule has 3 atom stereocenters. The molecule has 25 heavy (non-hydrogen) atoms. The van der Waals surface area contributed by atoms with Crippen LogP contribution in [0.3, 0.4) is 0 Å². The van der Waals surface area contributed by atoms with Gasteiger partial charge in [-0.15, -0.1) is 11.3 Å². The summed E-state index contributed by atoms with van der Waals surface area (Å²) in [5.41, 5.74) is 13.1. The maximum Gasteiger partial charge on any atom is 0.265 e. The fourth-order valence-corrected chi connectivity index (χ4v) is 4.47. The van der Waals surface area contributed by atoms with Crippen LogP contribution in [0.5, 0.6) is 0 Å². The number of aromatic amines is 1. The molecule has 3 heterocycles. The summed E-state index contributed by atoms with van der Waals surface area (Å²) in [4.78, 5) is 30.8. The van der Waals surface area contributed by atoms with Crippen molar-refractivity contribution in [1.29, 1.82) is 0 Å². The van der Waals surface area contributed by atoms with Crippen molar-refractivity contribution in [2.75, 3.05) is 5.32 Å². The van der Waals surface area contributed by atoms with Crippen LogP contribution >= 0.6 is 27.3 Å². The van der Waals surface area contributed by atoms with E-state index in [2.05, 4.69) is 55.9 Å². The minimum atomic E-state index is -0.530. The van der Waals surface area contributed by atoms with Gasteiger partial charge in [-0.05, 0) is 12.0 Å². The molecule has 0 spiro atoms. The Labute approximate surface area is 157 Å². The maximum absolute atomic E-state index is 12.5. The second kappa shape index (κ2) is 7.24. The summed E-state index contributed by atoms with van der Waals surface area (Å²) in [5, 5.41) is 5.14. The van der Waals surface area contributed by atoms with Gasteiger partial charge in [0.25, 0.3) is 5.91 Å². The lowest BCUT2D eigenvalue weighted by atomic mass is 9.99. The quantitative estimate of drug-likeness (QED) is 0.462. The number of hydrogen-bond acceptors (Lipinski definition) is 6. The highest BCUT2D eigenvalue weighted by molar-refractivity contribution is 9.09. The summed E-state index contributed by atoms with van der Waals surface area (Å²) in [5.74, 6) is -0.308. The van der Waals surface area contributed by atoms with Crippen LogP contribution in [0, 0.1) is 5.92 Å². The number of halogens is 1. The molecule has 0 aliphatic carbocycles. The first kappa shape index (κ1) is 18.1. The summed E-state index contributed by atoms with van der Waals surface area (Å²) in [6.07, 6.45) is 1.66. The van der Waals surface area contributed by atoms with Gasteiger partial charge in [-0.25, -0.2) is 10.4 Å². The van der Waals surface area contributed by atoms with E-state index in [9.17, 15) is 9.59 Å². The van der Waals surface area contributed by atoms with Gasteiger partial charge in [0, 0.05) is 23.2 Å². The predicted octanol–water partition coefficient (Wildman–Crippen LogP) is 1.44. The van der Waals surface area contributed by atoms with E-state index >= 15 is 0 Å². The van der Waals surface area contributed by atoms with Crippen LogP contribution in [0.2, 0.25) is 0 Å². The van der Waals surface area contributed by atoms with Gasteiger partial charge in [0.05, 0.1) is 10.5 Å². The van der Waals surface area contributed by atoms with Crippen LogP contribution < -0.4 is 21.9 Å². The van der Waals surface area contributed by atoms with E-state index in [1.165, 1.54) is 11.3 Å². The summed E-state index contributed by atoms with van der Waals surface area (Å²) in [6, 6.07) is 1.40. The Morgan fingerprint density at radius 2 is 2.16 bits per heavy atom. The molecule has 0 bridgehead atoms. The Kier molecular flexibility index (Phi) is 5.23. The van der Waals surface area contributed by atoms with E-state index in [4.69, 9.17) is 5.73 Å². The fourth-order valence-electron chi connectivity index (χ4n) is 2.63. The molecule has 1 saturated heterocycles. The zero-order chi connectivity index (χ0) is 18.1. The Hall–Kier alpha value is -1.75. The Balaban J connectivity index is 1.67. The SMILES string of the molecule is CC(C)C1NNC(C(=O)Nc2nc(-c3c[nH]c(C(N)=O)c3)cs2)C1Br. The highest BCUT2D eigenvalue weighted by Gasteiger charge is 2.39. The van der Waals surface area contributed by atoms with Gasteiger partial charge in [-0.3, -0.25) is 15.0 Å². The monoisotopic (exact) mass is 426 g/mol. The third kappa shape index (κ3) is 3.76. The molecule has 0 aromatic carbocycles. The van der Waals surface area contributed by atoms with Gasteiger partial charge in [-0.1, -0.05) is 29.8 Å². The molecule has 10 heteroatoms. The number of nitrogens with two attached hydrogens (primary N) is 1. The van der Waals surface area contributed by atoms with E-state index in [0.29, 0.717) is 22.4 Å². The Bertz CT molecular complexity index is 789. The van der Waals surface area contributed by atoms with Gasteiger partial charge in [0.2, 0.25) is 5.91 Å². The van der Waals surface area contributed by atoms with Crippen molar-refractivity contribution in [3.8, 4) is 11.3 Å². The van der Waals surface area contributed by atoms with Crippen molar-refractivity contribution in [2.45, 2.75) is 30.8 Å². The highest BCUT2D eigenvalue weighted by Crippen LogP contribution is 2.27. The van der Waals surface area contributed by atoms with E-state index in [0.717, 1.165) is 5.56 Å². The molecular formula is C15H19BrN6O2S. The molecule has 1 aliphatic rings. The number of hydrazine groups is 1. The van der Waals surface area contributed by atoms with Crippen LogP contribution in [-0.4, -0.2) is 38.7 Å². The lowest BCUT2D eigenvalue weighted by Gasteiger charge is -2.19. The molecule has 1 fully saturated rings. The number of rotatable bonds is 5. The number of alkyl halides is 1. The lowest BCUT2D eigenvalue weighted by molar-refractivity contribution is -0.117. The van der Waals surface area contributed by atoms with Gasteiger partial charge in [0.1, 0.15) is 11.7 Å². The molecule has 2 aromatic rings. The fraction of sp³-hybridized carbons (Fsp3) is 0.400. The number of carbonyl (C=O) groups is 2. The van der Waals surface area contributed by atoms with Crippen molar-refractivity contribution < 1.29 is 9.59 Å². The molecule has 134 valence electrons. The number of anilines is 1. The normalized spacial score (nSPS) is 23.1. The number of nitrogens with zero attached hydrogens (tertiary/aromatic N) is 1. The summed E-state index contributed by atoms with van der Waals surface area (Å²) in [7, 11) is 0. The van der Waals surface area contributed by atoms with Crippen LogP contribution in [0.4, 0.5) is 5.13 Å². The third-order valence-electron chi connectivity index (χ3n) is 4.05. The molecule has 8 nitrogen and oxygen atoms in total. The van der Waals surface area contributed by atoms with E-state index in [1.807, 2.05) is 5.38 Å². The molecule has 0 radical (unpaired) electrons. The Morgan fingerprint density at radius 3 is 2.76 bits per heavy atom. The minimum absolute atomic E-state index is 0.0188. The molecule has 2 amide bonds. The molecule has 6 N–H and O–H groups in total. The smallest absolute Gasteiger partial charge is 0.265 e. The first-order valence-electron chi connectivity index (χ1n) is 7.77. The van der Waals surface area contributed by atoms with E-state index < -0.39 is 11.9 Å². The topological polar surface area (TPSA) is 125 Å². The van der Waals surface area contributed by atoms with Crippen molar-refractivity contribution in [1.82, 2.24) is 20.8 Å². The van der Waals surface area contributed by atoms with Crippen LogP contribution in [-0.2, 0) is 4.79 Å². The molecule has 1 aliphatic heterocycles. The summed E-state index contributed by atoms with van der Waals surface area (Å²) >= 11 is 4.91. The summed E-state index contributed by atoms with van der Waals surface area (Å²) in [6.45, 7) is 4.19. The average Bonchev–Trinajstić information content (AvgIpc) is 3.24. The second-order valence-electron chi connectivity index (χ2n) is 6.17. The number of carbonyl (C=O) groups excluding carboxylic acids is 2. The number of hydrogen-bond donors (Lipinski definition) is 5. The molecule has 3 rings (SSSR count). The average molecular weight is 427 g/mol. The minimum Gasteiger partial charge on any atom is -0.364 e. The Morgan fingerprint density at radius 1 is 1.40 bits per heavy atom. The molecular weight excluding hydrogens is 408 g/mol. The molecule has 0 saturated carbocycles. The van der Waals surface area contributed by atoms with Crippen LogP contribution in [0.25, 0.3) is 11.3 Å². The van der Waals surface area contributed by atoms with Gasteiger partial charge >= 0.3 is 0 Å². The van der Waals surface area contributed by atoms with E-state index in [-0.39, 0.29) is 16.8 Å². The number of aromatic nitrogens is 2. The van der Waals surface area contributed by atoms with Gasteiger partial charge in [-0.2, -0.15) is 0 Å². The predicted molar refractivity (Wildman–Crippen MR) is 100 cm³/mol. The second-order valence-corrected chi connectivity index (χ2v) is 8.09. The van der Waals surface area contributed by atoms with Crippen molar-refractivity contribution in [2.24, 2.45) is 11.7 Å². The van der Waals surface area contributed by atoms with Crippen LogP contribution in [0.1, 0.15) is 24.3 Å². The first-order chi connectivity index (χ1) is 11.9. The number of thiazole rings is 1. The zero-order valence-electron chi connectivity index (χ0n) is 13.7. The zero-order valence-corrected chi connectivity index (χ0v) is 16.1. The van der Waals surface area contributed by atoms with E-state index in [1.54, 1.807) is 12.3 Å². The number of amides is 2. The standard InChI is InChI=1S/C15H19BrN6O2S/c1-6(2)11-10(16)12(22-21-11)14(24)20-15-19-9(5-25-15)7-3-8(13(17)23)18-4-7/h3-6,10-12,18,21-22H,1-2H3,(H2,17,23)(H,19,20,24). The molecule has 3 unspecified atom stereocenters. The lowest BCUT2D eigenvalue weighted by Crippen LogP contribution is -2.42. The van der Waals surface area contributed by atoms with Crippen molar-refractivity contribution in [3.05, 3.63) is 23.3 Å². The van der Waals surface area contributed by atoms with Gasteiger partial charge in [0.15, 0.2) is 5.13 Å². The largest absolute Gasteiger partial charge is 0.364 e. The van der Waals surface area contributed by atoms with Crippen molar-refractivity contribution in [3.63, 3.8) is 0 Å². The maximum atomic E-state index is 12.5.